The molecule has 0 aromatic carbocycles. The van der Waals surface area contributed by atoms with Crippen LogP contribution in [0.1, 0.15) is 20.8 Å². The van der Waals surface area contributed by atoms with Gasteiger partial charge in [-0.25, -0.2) is 0 Å². The minimum Gasteiger partial charge on any atom is -0.438 e. The Labute approximate surface area is 66.7 Å². The highest BCUT2D eigenvalue weighted by Gasteiger charge is 2.14. The zero-order chi connectivity index (χ0) is 8.85. The lowest BCUT2D eigenvalue weighted by Gasteiger charge is -2.13. The first-order chi connectivity index (χ1) is 5.07. The lowest BCUT2D eigenvalue weighted by atomic mass is 10.2. The van der Waals surface area contributed by atoms with Crippen LogP contribution in [0.15, 0.2) is 10.2 Å². The zero-order valence-electron chi connectivity index (χ0n) is 7.37. The van der Waals surface area contributed by atoms with Gasteiger partial charge in [0.15, 0.2) is 0 Å². The Balaban J connectivity index is 4.00. The molecule has 1 atom stereocenters. The molecule has 1 unspecified atom stereocenters. The molecule has 4 heteroatoms. The van der Waals surface area contributed by atoms with Crippen LogP contribution < -0.4 is 0 Å². The van der Waals surface area contributed by atoms with E-state index in [4.69, 9.17) is 4.74 Å². The SMILES string of the molecule is CN=NC(OC(C)=O)C(C)C. The normalized spacial score (nSPS) is 13.9. The average molecular weight is 158 g/mol. The standard InChI is InChI=1S/C7H14N2O2/c1-5(2)7(9-8-4)11-6(3)10/h5,7H,1-4H3. The summed E-state index contributed by atoms with van der Waals surface area (Å²) in [5, 5.41) is 7.30. The van der Waals surface area contributed by atoms with Crippen molar-refractivity contribution < 1.29 is 9.53 Å². The molecule has 0 aliphatic heterocycles. The molecule has 0 bridgehead atoms. The molecular formula is C7H14N2O2. The fourth-order valence-corrected chi connectivity index (χ4v) is 0.577. The molecule has 0 aliphatic carbocycles. The molecule has 0 heterocycles. The van der Waals surface area contributed by atoms with E-state index in [0.29, 0.717) is 0 Å². The van der Waals surface area contributed by atoms with Gasteiger partial charge in [0.05, 0.1) is 0 Å². The van der Waals surface area contributed by atoms with Crippen LogP contribution in [0.25, 0.3) is 0 Å². The average Bonchev–Trinajstić information content (AvgIpc) is 1.86. The summed E-state index contributed by atoms with van der Waals surface area (Å²) in [6.07, 6.45) is -0.433. The van der Waals surface area contributed by atoms with Crippen LogP contribution in [0.2, 0.25) is 0 Å². The fourth-order valence-electron chi connectivity index (χ4n) is 0.577. The van der Waals surface area contributed by atoms with Crippen LogP contribution in [0.4, 0.5) is 0 Å². The second kappa shape index (κ2) is 4.82. The topological polar surface area (TPSA) is 51.0 Å². The van der Waals surface area contributed by atoms with Gasteiger partial charge in [-0.1, -0.05) is 13.8 Å². The van der Waals surface area contributed by atoms with Crippen molar-refractivity contribution in [2.75, 3.05) is 7.05 Å². The molecule has 0 N–H and O–H groups in total. The molecule has 0 saturated carbocycles. The molecule has 64 valence electrons. The number of nitrogens with zero attached hydrogens (tertiary/aromatic N) is 2. The van der Waals surface area contributed by atoms with E-state index in [2.05, 4.69) is 10.2 Å². The van der Waals surface area contributed by atoms with Crippen molar-refractivity contribution in [2.45, 2.75) is 27.0 Å². The Morgan fingerprint density at radius 3 is 2.27 bits per heavy atom. The molecule has 0 saturated heterocycles. The number of carbonyl (C=O) groups is 1. The summed E-state index contributed by atoms with van der Waals surface area (Å²) in [7, 11) is 1.55. The minimum atomic E-state index is -0.433. The largest absolute Gasteiger partial charge is 0.438 e. The van der Waals surface area contributed by atoms with Crippen molar-refractivity contribution >= 4 is 5.97 Å². The molecule has 0 aliphatic rings. The Morgan fingerprint density at radius 1 is 1.45 bits per heavy atom. The first-order valence-corrected chi connectivity index (χ1v) is 3.54. The van der Waals surface area contributed by atoms with Crippen LogP contribution in [0.3, 0.4) is 0 Å². The highest BCUT2D eigenvalue weighted by molar-refractivity contribution is 5.66. The third-order valence-corrected chi connectivity index (χ3v) is 1.09. The number of hydrogen-bond donors (Lipinski definition) is 0. The summed E-state index contributed by atoms with van der Waals surface area (Å²) in [6, 6.07) is 0. The Bertz CT molecular complexity index is 155. The van der Waals surface area contributed by atoms with Crippen LogP contribution in [0, 0.1) is 5.92 Å². The summed E-state index contributed by atoms with van der Waals surface area (Å²) in [5.41, 5.74) is 0. The number of esters is 1. The van der Waals surface area contributed by atoms with Crippen LogP contribution in [0.5, 0.6) is 0 Å². The molecule has 0 aromatic rings. The molecule has 11 heavy (non-hydrogen) atoms. The molecule has 4 nitrogen and oxygen atoms in total. The van der Waals surface area contributed by atoms with Gasteiger partial charge in [0.25, 0.3) is 0 Å². The van der Waals surface area contributed by atoms with E-state index in [0.717, 1.165) is 0 Å². The second-order valence-corrected chi connectivity index (χ2v) is 2.56. The molecule has 0 amide bonds. The summed E-state index contributed by atoms with van der Waals surface area (Å²) < 4.78 is 4.85. The summed E-state index contributed by atoms with van der Waals surface area (Å²) in [5.74, 6) is -0.154. The molecule has 0 spiro atoms. The first-order valence-electron chi connectivity index (χ1n) is 3.54. The van der Waals surface area contributed by atoms with Crippen molar-refractivity contribution in [3.05, 3.63) is 0 Å². The number of hydrogen-bond acceptors (Lipinski definition) is 4. The number of rotatable bonds is 3. The van der Waals surface area contributed by atoms with Crippen molar-refractivity contribution in [1.29, 1.82) is 0 Å². The third-order valence-electron chi connectivity index (χ3n) is 1.09. The third kappa shape index (κ3) is 4.47. The van der Waals surface area contributed by atoms with E-state index in [1.54, 1.807) is 7.05 Å². The van der Waals surface area contributed by atoms with E-state index >= 15 is 0 Å². The Hall–Kier alpha value is -0.930. The van der Waals surface area contributed by atoms with Gasteiger partial charge < -0.3 is 4.74 Å². The Morgan fingerprint density at radius 2 is 2.00 bits per heavy atom. The van der Waals surface area contributed by atoms with E-state index < -0.39 is 6.23 Å². The van der Waals surface area contributed by atoms with Crippen molar-refractivity contribution in [3.8, 4) is 0 Å². The first kappa shape index (κ1) is 10.1. The maximum atomic E-state index is 10.5. The zero-order valence-corrected chi connectivity index (χ0v) is 7.37. The van der Waals surface area contributed by atoms with E-state index in [1.165, 1.54) is 6.92 Å². The van der Waals surface area contributed by atoms with Crippen LogP contribution in [-0.2, 0) is 9.53 Å². The van der Waals surface area contributed by atoms with E-state index in [-0.39, 0.29) is 11.9 Å². The van der Waals surface area contributed by atoms with Gasteiger partial charge in [0, 0.05) is 19.9 Å². The second-order valence-electron chi connectivity index (χ2n) is 2.56. The van der Waals surface area contributed by atoms with Gasteiger partial charge in [-0.15, -0.1) is 5.11 Å². The summed E-state index contributed by atoms with van der Waals surface area (Å²) in [6.45, 7) is 5.20. The van der Waals surface area contributed by atoms with Crippen molar-refractivity contribution in [3.63, 3.8) is 0 Å². The van der Waals surface area contributed by atoms with Gasteiger partial charge in [-0.05, 0) is 0 Å². The highest BCUT2D eigenvalue weighted by Crippen LogP contribution is 2.08. The maximum absolute atomic E-state index is 10.5. The predicted molar refractivity (Wildman–Crippen MR) is 41.2 cm³/mol. The summed E-state index contributed by atoms with van der Waals surface area (Å²) in [4.78, 5) is 10.5. The Kier molecular flexibility index (Phi) is 4.41. The van der Waals surface area contributed by atoms with Gasteiger partial charge >= 0.3 is 5.97 Å². The molecule has 0 radical (unpaired) electrons. The predicted octanol–water partition coefficient (Wildman–Crippen LogP) is 1.61. The maximum Gasteiger partial charge on any atom is 0.304 e. The number of ether oxygens (including phenoxy) is 1. The quantitative estimate of drug-likeness (QED) is 0.463. The van der Waals surface area contributed by atoms with Gasteiger partial charge in [-0.3, -0.25) is 4.79 Å². The van der Waals surface area contributed by atoms with Gasteiger partial charge in [0.1, 0.15) is 0 Å². The van der Waals surface area contributed by atoms with Crippen molar-refractivity contribution in [1.82, 2.24) is 0 Å². The molecule has 0 rings (SSSR count). The number of carbonyl (C=O) groups excluding carboxylic acids is 1. The lowest BCUT2D eigenvalue weighted by molar-refractivity contribution is -0.148. The van der Waals surface area contributed by atoms with Crippen LogP contribution in [-0.4, -0.2) is 19.2 Å². The van der Waals surface area contributed by atoms with E-state index in [9.17, 15) is 4.79 Å². The lowest BCUT2D eigenvalue weighted by Crippen LogP contribution is -2.19. The van der Waals surface area contributed by atoms with Crippen LogP contribution >= 0.6 is 0 Å². The highest BCUT2D eigenvalue weighted by atomic mass is 16.6. The molecular weight excluding hydrogens is 144 g/mol. The van der Waals surface area contributed by atoms with E-state index in [1.807, 2.05) is 13.8 Å². The number of azo groups is 1. The summed E-state index contributed by atoms with van der Waals surface area (Å²) >= 11 is 0. The minimum absolute atomic E-state index is 0.169. The smallest absolute Gasteiger partial charge is 0.304 e. The monoisotopic (exact) mass is 158 g/mol. The van der Waals surface area contributed by atoms with Gasteiger partial charge in [0.2, 0.25) is 6.23 Å². The molecule has 0 aromatic heterocycles. The molecule has 0 fully saturated rings. The van der Waals surface area contributed by atoms with Crippen molar-refractivity contribution in [2.24, 2.45) is 16.1 Å². The fraction of sp³-hybridized carbons (Fsp3) is 0.857. The van der Waals surface area contributed by atoms with Gasteiger partial charge in [-0.2, -0.15) is 5.11 Å².